The lowest BCUT2D eigenvalue weighted by molar-refractivity contribution is -0.279. The van der Waals surface area contributed by atoms with Crippen LogP contribution >= 0.6 is 0 Å². The van der Waals surface area contributed by atoms with Gasteiger partial charge in [0, 0.05) is 82.4 Å². The van der Waals surface area contributed by atoms with Gasteiger partial charge in [-0.2, -0.15) is 0 Å². The zero-order valence-corrected chi connectivity index (χ0v) is 33.2. The number of H-pyrrole nitrogens is 2. The van der Waals surface area contributed by atoms with Crippen LogP contribution < -0.4 is 67.1 Å². The number of amides is 4. The van der Waals surface area contributed by atoms with Crippen molar-refractivity contribution >= 4 is 23.6 Å². The van der Waals surface area contributed by atoms with E-state index in [9.17, 15) is 53.7 Å². The van der Waals surface area contributed by atoms with Gasteiger partial charge in [0.15, 0.2) is 6.29 Å². The van der Waals surface area contributed by atoms with E-state index in [0.29, 0.717) is 0 Å². The quantitative estimate of drug-likeness (QED) is 0.0549. The molecule has 2 aromatic rings. The fourth-order valence-corrected chi connectivity index (χ4v) is 6.76. The molecule has 0 radical (unpaired) electrons. The minimum atomic E-state index is -1.43. The van der Waals surface area contributed by atoms with E-state index in [2.05, 4.69) is 16.0 Å². The number of nitrogens with zero attached hydrogens (tertiary/aromatic N) is 4. The first-order valence-electron chi connectivity index (χ1n) is 19.4. The van der Waals surface area contributed by atoms with E-state index in [1.807, 2.05) is 9.97 Å². The van der Waals surface area contributed by atoms with Crippen molar-refractivity contribution in [2.45, 2.75) is 80.5 Å². The molecule has 1 saturated heterocycles. The lowest BCUT2D eigenvalue weighted by atomic mass is 9.82. The van der Waals surface area contributed by atoms with Gasteiger partial charge in [-0.25, -0.2) is 9.59 Å². The van der Waals surface area contributed by atoms with Crippen molar-refractivity contribution in [1.82, 2.24) is 44.9 Å². The Morgan fingerprint density at radius 1 is 0.770 bits per heavy atom. The molecule has 340 valence electrons. The Labute approximate surface area is 346 Å². The lowest BCUT2D eigenvalue weighted by Gasteiger charge is -2.47. The van der Waals surface area contributed by atoms with Gasteiger partial charge in [-0.05, 0) is 6.42 Å². The SMILES string of the molecule is NCCN(CC(=O)NCCN(CC(=O)NCCN[C@H]1[C@@H](O)[C@H](N)C[C@H](N)[C@H]1O[C@H]1O[C@H](CN)[C@@H](O)[C@H](O)[C@H]1N)C(=O)Cn1ccc(=O)[nH]c1=O)C(=O)Cn1ccc(=O)[nH]c1=O. The summed E-state index contributed by atoms with van der Waals surface area (Å²) in [6.07, 6.45) is -4.84. The molecule has 1 aliphatic heterocycles. The maximum absolute atomic E-state index is 13.4. The molecule has 61 heavy (non-hydrogen) atoms. The average molecular weight is 869 g/mol. The zero-order valence-electron chi connectivity index (χ0n) is 33.2. The van der Waals surface area contributed by atoms with E-state index in [4.69, 9.17) is 38.1 Å². The molecule has 2 aromatic heterocycles. The summed E-state index contributed by atoms with van der Waals surface area (Å²) in [5.41, 5.74) is 26.8. The van der Waals surface area contributed by atoms with E-state index < -0.39 is 133 Å². The Kier molecular flexibility index (Phi) is 17.9. The van der Waals surface area contributed by atoms with Crippen LogP contribution in [0.2, 0.25) is 0 Å². The normalized spacial score (nSPS) is 26.3. The molecule has 4 amide bonds. The number of hydrogen-bond acceptors (Lipinski definition) is 19. The second kappa shape index (κ2) is 22.6. The van der Waals surface area contributed by atoms with Crippen LogP contribution in [0.1, 0.15) is 6.42 Å². The summed E-state index contributed by atoms with van der Waals surface area (Å²) in [5, 5.41) is 39.9. The van der Waals surface area contributed by atoms with Crippen LogP contribution in [-0.4, -0.2) is 188 Å². The maximum Gasteiger partial charge on any atom is 0.328 e. The first-order chi connectivity index (χ1) is 28.9. The molecule has 0 spiro atoms. The summed E-state index contributed by atoms with van der Waals surface area (Å²) in [6, 6.07) is -1.54. The van der Waals surface area contributed by atoms with E-state index in [1.165, 1.54) is 0 Å². The molecule has 4 rings (SSSR count). The average Bonchev–Trinajstić information content (AvgIpc) is 3.20. The van der Waals surface area contributed by atoms with Gasteiger partial charge < -0.3 is 79.2 Å². The summed E-state index contributed by atoms with van der Waals surface area (Å²) < 4.78 is 13.6. The third kappa shape index (κ3) is 13.4. The van der Waals surface area contributed by atoms with Gasteiger partial charge in [0.05, 0.1) is 37.4 Å². The van der Waals surface area contributed by atoms with E-state index in [-0.39, 0.29) is 52.2 Å². The van der Waals surface area contributed by atoms with E-state index in [1.54, 1.807) is 0 Å². The molecular formula is C34H56N14O13. The van der Waals surface area contributed by atoms with Gasteiger partial charge in [0.1, 0.15) is 31.4 Å². The molecule has 18 N–H and O–H groups in total. The topological polar surface area (TPSA) is 430 Å². The smallest absolute Gasteiger partial charge is 0.328 e. The number of nitrogens with one attached hydrogen (secondary N) is 5. The third-order valence-electron chi connectivity index (χ3n) is 10.1. The number of aromatic amines is 2. The molecule has 0 unspecified atom stereocenters. The van der Waals surface area contributed by atoms with Crippen LogP contribution in [0.3, 0.4) is 0 Å². The molecule has 0 bridgehead atoms. The monoisotopic (exact) mass is 868 g/mol. The summed E-state index contributed by atoms with van der Waals surface area (Å²) in [6.45, 7) is -2.87. The van der Waals surface area contributed by atoms with Crippen LogP contribution in [-0.2, 0) is 41.7 Å². The summed E-state index contributed by atoms with van der Waals surface area (Å²) in [7, 11) is 0. The predicted molar refractivity (Wildman–Crippen MR) is 212 cm³/mol. The minimum Gasteiger partial charge on any atom is -0.390 e. The molecule has 27 nitrogen and oxygen atoms in total. The van der Waals surface area contributed by atoms with Crippen molar-refractivity contribution in [3.63, 3.8) is 0 Å². The molecule has 2 fully saturated rings. The highest BCUT2D eigenvalue weighted by atomic mass is 16.7. The standard InChI is InChI=1S/C34H56N14O13/c35-3-9-45(24(53)15-47-7-1-20(49)43-33(47)58)13-23(52)41-6-10-46(25(54)16-48-8-2-21(50)44-34(48)59)14-22(51)40-4-5-42-27-28(55)17(37)11-18(38)31(27)61-32-26(39)30(57)29(56)19(12-36)60-32/h1-2,7-8,17-19,26-32,42,55-57H,3-6,9-16,35-39H2,(H,40,51)(H,41,52)(H,43,49,58)(H,44,50,59)/t17-,18+,19-,26-,27+,28+,29-,30-,31-,32-/m1/s1. The minimum absolute atomic E-state index is 0.0166. The van der Waals surface area contributed by atoms with E-state index in [0.717, 1.165) is 43.5 Å². The number of aliphatic hydroxyl groups excluding tert-OH is 3. The Hall–Kier alpha value is -5.20. The van der Waals surface area contributed by atoms with Crippen LogP contribution in [0.15, 0.2) is 43.7 Å². The fourth-order valence-electron chi connectivity index (χ4n) is 6.76. The second-order valence-electron chi connectivity index (χ2n) is 14.6. The lowest BCUT2D eigenvalue weighted by Crippen LogP contribution is -2.70. The number of carbonyl (C=O) groups excluding carboxylic acids is 4. The molecule has 3 heterocycles. The summed E-state index contributed by atoms with van der Waals surface area (Å²) in [4.78, 5) is 106. The number of nitrogens with two attached hydrogens (primary N) is 5. The molecule has 27 heteroatoms. The number of aliphatic hydroxyl groups is 3. The molecule has 1 aliphatic carbocycles. The van der Waals surface area contributed by atoms with Gasteiger partial charge in [0.25, 0.3) is 11.1 Å². The first-order valence-corrected chi connectivity index (χ1v) is 19.4. The van der Waals surface area contributed by atoms with Crippen LogP contribution in [0.5, 0.6) is 0 Å². The highest BCUT2D eigenvalue weighted by molar-refractivity contribution is 5.86. The van der Waals surface area contributed by atoms with Crippen molar-refractivity contribution in [1.29, 1.82) is 0 Å². The molecule has 1 saturated carbocycles. The fraction of sp³-hybridized carbons (Fsp3) is 0.647. The maximum atomic E-state index is 13.4. The van der Waals surface area contributed by atoms with Gasteiger partial charge in [-0.1, -0.05) is 0 Å². The van der Waals surface area contributed by atoms with Gasteiger partial charge in [-0.15, -0.1) is 0 Å². The Morgan fingerprint density at radius 2 is 1.31 bits per heavy atom. The van der Waals surface area contributed by atoms with Gasteiger partial charge in [0.2, 0.25) is 23.6 Å². The molecule has 10 atom stereocenters. The number of aromatic nitrogens is 4. The van der Waals surface area contributed by atoms with Crippen LogP contribution in [0.4, 0.5) is 0 Å². The van der Waals surface area contributed by atoms with Crippen LogP contribution in [0, 0.1) is 0 Å². The Morgan fingerprint density at radius 3 is 1.84 bits per heavy atom. The number of rotatable bonds is 20. The second-order valence-corrected chi connectivity index (χ2v) is 14.6. The van der Waals surface area contributed by atoms with Gasteiger partial charge >= 0.3 is 11.4 Å². The molecule has 0 aromatic carbocycles. The van der Waals surface area contributed by atoms with Crippen LogP contribution in [0.25, 0.3) is 0 Å². The Bertz CT molecular complexity index is 2040. The summed E-state index contributed by atoms with van der Waals surface area (Å²) >= 11 is 0. The summed E-state index contributed by atoms with van der Waals surface area (Å²) in [5.74, 6) is -2.74. The molecular weight excluding hydrogens is 812 g/mol. The zero-order chi connectivity index (χ0) is 45.0. The predicted octanol–water partition coefficient (Wildman–Crippen LogP) is -10.6. The van der Waals surface area contributed by atoms with Gasteiger partial charge in [-0.3, -0.25) is 47.9 Å². The number of ether oxygens (including phenoxy) is 2. The Balaban J connectivity index is 1.36. The first kappa shape index (κ1) is 48.5. The van der Waals surface area contributed by atoms with Crippen molar-refractivity contribution in [2.24, 2.45) is 28.7 Å². The van der Waals surface area contributed by atoms with Crippen molar-refractivity contribution in [3.8, 4) is 0 Å². The van der Waals surface area contributed by atoms with Crippen molar-refractivity contribution < 1.29 is 44.0 Å². The van der Waals surface area contributed by atoms with E-state index >= 15 is 0 Å². The molecule has 2 aliphatic rings. The van der Waals surface area contributed by atoms with Crippen molar-refractivity contribution in [3.05, 3.63) is 66.2 Å². The number of carbonyl (C=O) groups is 4. The van der Waals surface area contributed by atoms with Crippen molar-refractivity contribution in [2.75, 3.05) is 58.9 Å². The highest BCUT2D eigenvalue weighted by Crippen LogP contribution is 2.27. The largest absolute Gasteiger partial charge is 0.390 e. The number of hydrogen-bond donors (Lipinski definition) is 13. The highest BCUT2D eigenvalue weighted by Gasteiger charge is 2.48. The third-order valence-corrected chi connectivity index (χ3v) is 10.1.